The zero-order valence-corrected chi connectivity index (χ0v) is 28.1. The van der Waals surface area contributed by atoms with E-state index in [1.165, 1.54) is 16.5 Å². The molecule has 2 aromatic carbocycles. The molecule has 1 amide bonds. The molecule has 1 aromatic heterocycles. The maximum Gasteiger partial charge on any atom is 0.309 e. The number of nitrogens with zero attached hydrogens (tertiary/aromatic N) is 2. The summed E-state index contributed by atoms with van der Waals surface area (Å²) in [5, 5.41) is 3.28. The number of carbonyl (C=O) groups excluding carboxylic acids is 2. The molecule has 44 heavy (non-hydrogen) atoms. The van der Waals surface area contributed by atoms with Gasteiger partial charge in [0.25, 0.3) is 5.91 Å². The Kier molecular flexibility index (Phi) is 12.1. The number of aliphatic imine (C=N–C) groups is 1. The molecule has 0 bridgehead atoms. The maximum absolute atomic E-state index is 15.2. The molecule has 3 rings (SSSR count). The molecule has 9 heteroatoms. The number of hydrogen-bond donors (Lipinski definition) is 1. The number of carbonyl (C=O) groups is 2. The average Bonchev–Trinajstić information content (AvgIpc) is 3.38. The van der Waals surface area contributed by atoms with Gasteiger partial charge in [-0.25, -0.2) is 4.39 Å². The molecular weight excluding hydrogens is 577 g/mol. The predicted molar refractivity (Wildman–Crippen MR) is 179 cm³/mol. The topological polar surface area (TPSA) is 94.2 Å². The summed E-state index contributed by atoms with van der Waals surface area (Å²) in [4.78, 5) is 30.7. The number of ether oxygens (including phenoxy) is 2. The van der Waals surface area contributed by atoms with E-state index in [4.69, 9.17) is 15.2 Å². The molecule has 0 saturated carbocycles. The summed E-state index contributed by atoms with van der Waals surface area (Å²) in [7, 11) is 4.90. The Morgan fingerprint density at radius 1 is 1.16 bits per heavy atom. The van der Waals surface area contributed by atoms with Crippen LogP contribution in [0.3, 0.4) is 0 Å². The van der Waals surface area contributed by atoms with Crippen LogP contribution in [0.25, 0.3) is 21.2 Å². The number of thiophene rings is 1. The summed E-state index contributed by atoms with van der Waals surface area (Å²) in [6.45, 7) is 9.59. The highest BCUT2D eigenvalue weighted by molar-refractivity contribution is 7.17. The molecule has 0 aliphatic heterocycles. The fraction of sp³-hybridized carbons (Fsp3) is 0.457. The van der Waals surface area contributed by atoms with Crippen molar-refractivity contribution in [3.63, 3.8) is 0 Å². The SMILES string of the molecule is CCC(CCCc1csc2ccc(-c3cccc(F)c3OCCC(C(C)=NC)=C(N)C(=O)N(C)C)cc12)C(=O)OC(C)(C)C. The highest BCUT2D eigenvalue weighted by Gasteiger charge is 2.24. The number of amides is 1. The van der Waals surface area contributed by atoms with Crippen LogP contribution in [-0.2, 0) is 20.7 Å². The fourth-order valence-corrected chi connectivity index (χ4v) is 5.99. The van der Waals surface area contributed by atoms with Gasteiger partial charge in [-0.05, 0) is 93.5 Å². The summed E-state index contributed by atoms with van der Waals surface area (Å²) >= 11 is 1.68. The third-order valence-corrected chi connectivity index (χ3v) is 8.51. The van der Waals surface area contributed by atoms with Gasteiger partial charge in [0.15, 0.2) is 11.6 Å². The second-order valence-electron chi connectivity index (χ2n) is 12.1. The number of hydrogen-bond acceptors (Lipinski definition) is 7. The number of aryl methyl sites for hydroxylation is 1. The minimum atomic E-state index is -0.496. The van der Waals surface area contributed by atoms with Gasteiger partial charge in [-0.3, -0.25) is 14.6 Å². The molecule has 2 N–H and O–H groups in total. The summed E-state index contributed by atoms with van der Waals surface area (Å²) in [6.07, 6.45) is 3.48. The Balaban J connectivity index is 1.81. The third-order valence-electron chi connectivity index (χ3n) is 7.50. The zero-order valence-electron chi connectivity index (χ0n) is 27.3. The Morgan fingerprint density at radius 3 is 2.52 bits per heavy atom. The van der Waals surface area contributed by atoms with Crippen molar-refractivity contribution in [2.45, 2.75) is 72.3 Å². The van der Waals surface area contributed by atoms with Crippen molar-refractivity contribution in [3.8, 4) is 16.9 Å². The van der Waals surface area contributed by atoms with E-state index in [2.05, 4.69) is 22.5 Å². The molecule has 7 nitrogen and oxygen atoms in total. The van der Waals surface area contributed by atoms with Gasteiger partial charge in [-0.2, -0.15) is 0 Å². The lowest BCUT2D eigenvalue weighted by Gasteiger charge is -2.23. The fourth-order valence-electron chi connectivity index (χ4n) is 5.01. The number of esters is 1. The quantitative estimate of drug-likeness (QED) is 0.120. The number of benzene rings is 2. The van der Waals surface area contributed by atoms with Crippen LogP contribution in [0.15, 0.2) is 58.0 Å². The normalized spacial score (nSPS) is 13.4. The van der Waals surface area contributed by atoms with E-state index < -0.39 is 11.4 Å². The maximum atomic E-state index is 15.2. The van der Waals surface area contributed by atoms with Crippen molar-refractivity contribution in [2.75, 3.05) is 27.7 Å². The average molecular weight is 624 g/mol. The summed E-state index contributed by atoms with van der Waals surface area (Å²) in [5.41, 5.74) is 9.67. The van der Waals surface area contributed by atoms with Crippen LogP contribution in [0, 0.1) is 11.7 Å². The summed E-state index contributed by atoms with van der Waals surface area (Å²) in [5.74, 6) is -0.896. The van der Waals surface area contributed by atoms with Gasteiger partial charge in [-0.15, -0.1) is 11.3 Å². The lowest BCUT2D eigenvalue weighted by molar-refractivity contribution is -0.160. The van der Waals surface area contributed by atoms with Gasteiger partial charge in [0, 0.05) is 49.1 Å². The summed E-state index contributed by atoms with van der Waals surface area (Å²) < 4.78 is 28.0. The molecule has 0 aliphatic carbocycles. The van der Waals surface area contributed by atoms with E-state index in [9.17, 15) is 9.59 Å². The van der Waals surface area contributed by atoms with Gasteiger partial charge >= 0.3 is 5.97 Å². The number of para-hydroxylation sites is 1. The Morgan fingerprint density at radius 2 is 1.89 bits per heavy atom. The van der Waals surface area contributed by atoms with Gasteiger partial charge < -0.3 is 20.1 Å². The first-order chi connectivity index (χ1) is 20.8. The van der Waals surface area contributed by atoms with Crippen LogP contribution in [0.5, 0.6) is 5.75 Å². The van der Waals surface area contributed by atoms with Gasteiger partial charge in [0.2, 0.25) is 0 Å². The molecule has 0 saturated heterocycles. The van der Waals surface area contributed by atoms with Crippen molar-refractivity contribution in [1.29, 1.82) is 0 Å². The van der Waals surface area contributed by atoms with Gasteiger partial charge in [0.05, 0.1) is 12.5 Å². The molecule has 238 valence electrons. The smallest absolute Gasteiger partial charge is 0.309 e. The van der Waals surface area contributed by atoms with Crippen molar-refractivity contribution >= 4 is 39.0 Å². The van der Waals surface area contributed by atoms with Gasteiger partial charge in [-0.1, -0.05) is 25.1 Å². The molecular formula is C35H46FN3O4S. The van der Waals surface area contributed by atoms with Crippen LogP contribution in [0.1, 0.15) is 65.9 Å². The lowest BCUT2D eigenvalue weighted by Crippen LogP contribution is -2.30. The van der Waals surface area contributed by atoms with E-state index >= 15 is 4.39 Å². The monoisotopic (exact) mass is 623 g/mol. The number of nitrogens with two attached hydrogens (primary N) is 1. The largest absolute Gasteiger partial charge is 0.490 e. The summed E-state index contributed by atoms with van der Waals surface area (Å²) in [6, 6.07) is 11.0. The minimum absolute atomic E-state index is 0.0993. The van der Waals surface area contributed by atoms with E-state index in [1.807, 2.05) is 39.8 Å². The second-order valence-corrected chi connectivity index (χ2v) is 13.0. The number of rotatable bonds is 13. The van der Waals surface area contributed by atoms with Crippen LogP contribution in [-0.4, -0.2) is 55.8 Å². The zero-order chi connectivity index (χ0) is 32.6. The van der Waals surface area contributed by atoms with Crippen molar-refractivity contribution in [2.24, 2.45) is 16.6 Å². The molecule has 1 unspecified atom stereocenters. The number of halogens is 1. The number of fused-ring (bicyclic) bond motifs is 1. The van der Waals surface area contributed by atoms with Crippen LogP contribution < -0.4 is 10.5 Å². The Bertz CT molecular complexity index is 1530. The molecule has 0 aliphatic rings. The molecule has 0 fully saturated rings. The van der Waals surface area contributed by atoms with Gasteiger partial charge in [0.1, 0.15) is 11.3 Å². The molecule has 1 heterocycles. The van der Waals surface area contributed by atoms with E-state index in [0.717, 1.165) is 41.3 Å². The second kappa shape index (κ2) is 15.3. The standard InChI is InChI=1S/C35H46FN3O4S/c1-9-23(34(41)43-35(3,4)5)12-10-13-25-21-44-30-17-16-24(20-28(25)30)27-14-11-15-29(36)32(27)42-19-18-26(22(2)38-6)31(37)33(40)39(7)8/h11,14-17,20-21,23H,9-10,12-13,18-19,37H2,1-8H3. The van der Waals surface area contributed by atoms with Crippen LogP contribution >= 0.6 is 11.3 Å². The van der Waals surface area contributed by atoms with Crippen molar-refractivity contribution in [3.05, 3.63) is 64.4 Å². The first kappa shape index (κ1) is 34.8. The van der Waals surface area contributed by atoms with Crippen LogP contribution in [0.2, 0.25) is 0 Å². The molecule has 1 atom stereocenters. The first-order valence-corrected chi connectivity index (χ1v) is 15.9. The molecule has 0 spiro atoms. The van der Waals surface area contributed by atoms with E-state index in [-0.39, 0.29) is 42.3 Å². The van der Waals surface area contributed by atoms with Crippen molar-refractivity contribution < 1.29 is 23.5 Å². The Hall–Kier alpha value is -3.72. The molecule has 0 radical (unpaired) electrons. The molecule has 3 aromatic rings. The van der Waals surface area contributed by atoms with Crippen LogP contribution in [0.4, 0.5) is 4.39 Å². The van der Waals surface area contributed by atoms with E-state index in [0.29, 0.717) is 16.8 Å². The predicted octanol–water partition coefficient (Wildman–Crippen LogP) is 7.56. The van der Waals surface area contributed by atoms with E-state index in [1.54, 1.807) is 45.5 Å². The highest BCUT2D eigenvalue weighted by atomic mass is 32.1. The van der Waals surface area contributed by atoms with Crippen molar-refractivity contribution in [1.82, 2.24) is 4.90 Å². The minimum Gasteiger partial charge on any atom is -0.490 e. The lowest BCUT2D eigenvalue weighted by atomic mass is 9.96. The number of likely N-dealkylation sites (N-methyl/N-ethyl adjacent to an activating group) is 1. The Labute approximate surface area is 264 Å². The highest BCUT2D eigenvalue weighted by Crippen LogP contribution is 2.37. The third kappa shape index (κ3) is 8.91. The first-order valence-electron chi connectivity index (χ1n) is 15.1.